The van der Waals surface area contributed by atoms with E-state index in [4.69, 9.17) is 0 Å². The lowest BCUT2D eigenvalue weighted by Gasteiger charge is -2.12. The van der Waals surface area contributed by atoms with Crippen molar-refractivity contribution < 1.29 is 14.6 Å². The Kier molecular flexibility index (Phi) is 5.91. The molecule has 0 saturated heterocycles. The Morgan fingerprint density at radius 3 is 2.42 bits per heavy atom. The number of hydrogen-bond acceptors (Lipinski definition) is 6. The molecule has 158 valence electrons. The van der Waals surface area contributed by atoms with Crippen LogP contribution in [-0.4, -0.2) is 26.5 Å². The third-order valence-electron chi connectivity index (χ3n) is 4.83. The maximum atomic E-state index is 12.3. The van der Waals surface area contributed by atoms with Crippen molar-refractivity contribution in [2.24, 2.45) is 5.10 Å². The van der Waals surface area contributed by atoms with Crippen LogP contribution >= 0.6 is 0 Å². The normalized spacial score (nSPS) is 10.9. The minimum absolute atomic E-state index is 0.0139. The molecule has 1 amide bonds. The van der Waals surface area contributed by atoms with Gasteiger partial charge in [-0.25, -0.2) is 5.43 Å². The molecule has 3 aromatic rings. The molecule has 1 aromatic heterocycles. The Morgan fingerprint density at radius 1 is 1.03 bits per heavy atom. The lowest BCUT2D eigenvalue weighted by atomic mass is 10.1. The Bertz CT molecular complexity index is 1230. The number of carbonyl (C=O) groups excluding carboxylic acids is 1. The number of para-hydroxylation sites is 1. The Balaban J connectivity index is 1.88. The third kappa shape index (κ3) is 4.32. The summed E-state index contributed by atoms with van der Waals surface area (Å²) in [6.07, 6.45) is 1.43. The van der Waals surface area contributed by atoms with Gasteiger partial charge >= 0.3 is 0 Å². The molecule has 0 unspecified atom stereocenters. The number of benzene rings is 2. The van der Waals surface area contributed by atoms with Gasteiger partial charge in [0.15, 0.2) is 0 Å². The SMILES string of the molecule is Cc1ccc([N+](=O)[O-])cc1-n1c(C)cc(/C=N\NC(=O)c2ccccc2[N+](=O)[O-])c1C. The number of amides is 1. The van der Waals surface area contributed by atoms with Crippen LogP contribution in [0.4, 0.5) is 11.4 Å². The van der Waals surface area contributed by atoms with Gasteiger partial charge < -0.3 is 4.57 Å². The molecule has 0 saturated carbocycles. The summed E-state index contributed by atoms with van der Waals surface area (Å²) in [4.78, 5) is 33.4. The van der Waals surface area contributed by atoms with Gasteiger partial charge in [0.1, 0.15) is 5.56 Å². The highest BCUT2D eigenvalue weighted by atomic mass is 16.6. The van der Waals surface area contributed by atoms with E-state index in [1.54, 1.807) is 6.07 Å². The van der Waals surface area contributed by atoms with E-state index in [9.17, 15) is 25.0 Å². The second-order valence-electron chi connectivity index (χ2n) is 6.86. The van der Waals surface area contributed by atoms with Crippen LogP contribution in [0, 0.1) is 41.0 Å². The maximum absolute atomic E-state index is 12.3. The minimum Gasteiger partial charge on any atom is -0.317 e. The summed E-state index contributed by atoms with van der Waals surface area (Å²) >= 11 is 0. The van der Waals surface area contributed by atoms with Gasteiger partial charge in [-0.3, -0.25) is 25.0 Å². The van der Waals surface area contributed by atoms with Gasteiger partial charge in [0.25, 0.3) is 17.3 Å². The zero-order valence-corrected chi connectivity index (χ0v) is 17.0. The largest absolute Gasteiger partial charge is 0.317 e. The molecule has 0 atom stereocenters. The summed E-state index contributed by atoms with van der Waals surface area (Å²) in [5, 5.41) is 26.2. The number of rotatable bonds is 6. The van der Waals surface area contributed by atoms with Crippen LogP contribution in [0.3, 0.4) is 0 Å². The summed E-state index contributed by atoms with van der Waals surface area (Å²) in [5.74, 6) is -0.702. The number of nitrogens with zero attached hydrogens (tertiary/aromatic N) is 4. The highest BCUT2D eigenvalue weighted by molar-refractivity contribution is 5.98. The molecule has 0 aliphatic heterocycles. The molecule has 10 heteroatoms. The number of hydrazone groups is 1. The first-order valence-corrected chi connectivity index (χ1v) is 9.22. The average Bonchev–Trinajstić information content (AvgIpc) is 3.01. The highest BCUT2D eigenvalue weighted by Crippen LogP contribution is 2.26. The first kappa shape index (κ1) is 21.4. The average molecular weight is 421 g/mol. The van der Waals surface area contributed by atoms with Gasteiger partial charge in [-0.1, -0.05) is 18.2 Å². The van der Waals surface area contributed by atoms with Crippen molar-refractivity contribution in [3.63, 3.8) is 0 Å². The molecule has 1 heterocycles. The van der Waals surface area contributed by atoms with Crippen LogP contribution in [0.2, 0.25) is 0 Å². The van der Waals surface area contributed by atoms with Crippen LogP contribution in [0.5, 0.6) is 0 Å². The van der Waals surface area contributed by atoms with Crippen LogP contribution in [0.15, 0.2) is 53.6 Å². The van der Waals surface area contributed by atoms with Crippen LogP contribution in [0.1, 0.15) is 32.9 Å². The fourth-order valence-corrected chi connectivity index (χ4v) is 3.29. The van der Waals surface area contributed by atoms with Crippen LogP contribution < -0.4 is 5.43 Å². The van der Waals surface area contributed by atoms with Crippen molar-refractivity contribution in [2.75, 3.05) is 0 Å². The minimum atomic E-state index is -0.702. The number of aromatic nitrogens is 1. The monoisotopic (exact) mass is 421 g/mol. The molecular formula is C21H19N5O5. The predicted octanol–water partition coefficient (Wildman–Crippen LogP) is 3.98. The van der Waals surface area contributed by atoms with E-state index in [-0.39, 0.29) is 16.9 Å². The molecule has 0 radical (unpaired) electrons. The predicted molar refractivity (Wildman–Crippen MR) is 115 cm³/mol. The molecule has 10 nitrogen and oxygen atoms in total. The molecule has 0 aliphatic carbocycles. The van der Waals surface area contributed by atoms with Crippen molar-refractivity contribution >= 4 is 23.5 Å². The number of nitrogens with one attached hydrogen (secondary N) is 1. The number of non-ortho nitro benzene ring substituents is 1. The lowest BCUT2D eigenvalue weighted by molar-refractivity contribution is -0.385. The zero-order valence-electron chi connectivity index (χ0n) is 17.0. The summed E-state index contributed by atoms with van der Waals surface area (Å²) in [6.45, 7) is 5.55. The van der Waals surface area contributed by atoms with Gasteiger partial charge in [-0.15, -0.1) is 0 Å². The fourth-order valence-electron chi connectivity index (χ4n) is 3.29. The van der Waals surface area contributed by atoms with E-state index < -0.39 is 15.8 Å². The van der Waals surface area contributed by atoms with E-state index in [0.29, 0.717) is 11.3 Å². The first-order chi connectivity index (χ1) is 14.7. The van der Waals surface area contributed by atoms with Gasteiger partial charge in [0, 0.05) is 35.2 Å². The second kappa shape index (κ2) is 8.57. The van der Waals surface area contributed by atoms with Crippen LogP contribution in [-0.2, 0) is 0 Å². The molecule has 0 fully saturated rings. The Hall–Kier alpha value is -4.34. The van der Waals surface area contributed by atoms with Crippen molar-refractivity contribution in [2.45, 2.75) is 20.8 Å². The topological polar surface area (TPSA) is 133 Å². The van der Waals surface area contributed by atoms with Gasteiger partial charge in [0.2, 0.25) is 0 Å². The lowest BCUT2D eigenvalue weighted by Crippen LogP contribution is -2.19. The maximum Gasteiger partial charge on any atom is 0.282 e. The van der Waals surface area contributed by atoms with Crippen molar-refractivity contribution in [3.05, 3.63) is 96.8 Å². The number of aryl methyl sites for hydroxylation is 2. The molecule has 0 bridgehead atoms. The number of nitro groups is 2. The number of nitro benzene ring substituents is 2. The van der Waals surface area contributed by atoms with Gasteiger partial charge in [-0.05, 0) is 38.5 Å². The first-order valence-electron chi connectivity index (χ1n) is 9.22. The Morgan fingerprint density at radius 2 is 1.74 bits per heavy atom. The molecular weight excluding hydrogens is 402 g/mol. The summed E-state index contributed by atoms with van der Waals surface area (Å²) in [6, 6.07) is 12.1. The molecule has 3 rings (SSSR count). The van der Waals surface area contributed by atoms with E-state index >= 15 is 0 Å². The summed E-state index contributed by atoms with van der Waals surface area (Å²) in [7, 11) is 0. The van der Waals surface area contributed by atoms with Gasteiger partial charge in [-0.2, -0.15) is 5.10 Å². The zero-order chi connectivity index (χ0) is 22.7. The molecule has 31 heavy (non-hydrogen) atoms. The number of carbonyl (C=O) groups is 1. The van der Waals surface area contributed by atoms with Gasteiger partial charge in [0.05, 0.1) is 21.7 Å². The Labute approximate surface area is 177 Å². The summed E-state index contributed by atoms with van der Waals surface area (Å²) < 4.78 is 1.87. The summed E-state index contributed by atoms with van der Waals surface area (Å²) in [5.41, 5.74) is 5.70. The highest BCUT2D eigenvalue weighted by Gasteiger charge is 2.19. The van der Waals surface area contributed by atoms with Crippen molar-refractivity contribution in [1.29, 1.82) is 0 Å². The smallest absolute Gasteiger partial charge is 0.282 e. The molecule has 0 spiro atoms. The van der Waals surface area contributed by atoms with E-state index in [1.807, 2.05) is 31.4 Å². The van der Waals surface area contributed by atoms with Crippen molar-refractivity contribution in [1.82, 2.24) is 9.99 Å². The van der Waals surface area contributed by atoms with E-state index in [0.717, 1.165) is 17.0 Å². The standard InChI is InChI=1S/C21H19N5O5/c1-13-8-9-17(25(28)29)11-20(13)24-14(2)10-16(15(24)3)12-22-23-21(27)18-6-4-5-7-19(18)26(30)31/h4-12H,1-3H3,(H,23,27)/b22-12-. The van der Waals surface area contributed by atoms with Crippen LogP contribution in [0.25, 0.3) is 5.69 Å². The molecule has 1 N–H and O–H groups in total. The van der Waals surface area contributed by atoms with Crippen molar-refractivity contribution in [3.8, 4) is 5.69 Å². The second-order valence-corrected chi connectivity index (χ2v) is 6.86. The number of hydrogen-bond donors (Lipinski definition) is 1. The fraction of sp³-hybridized carbons (Fsp3) is 0.143. The third-order valence-corrected chi connectivity index (χ3v) is 4.83. The van der Waals surface area contributed by atoms with E-state index in [2.05, 4.69) is 10.5 Å². The molecule has 2 aromatic carbocycles. The quantitative estimate of drug-likeness (QED) is 0.365. The molecule has 0 aliphatic rings. The van der Waals surface area contributed by atoms with E-state index in [1.165, 1.54) is 42.6 Å².